The molecule has 1 aliphatic rings. The number of aliphatic imine (C=N–C) groups is 1. The fourth-order valence-electron chi connectivity index (χ4n) is 3.77. The van der Waals surface area contributed by atoms with Gasteiger partial charge >= 0.3 is 0 Å². The molecule has 162 valence electrons. The Morgan fingerprint density at radius 2 is 1.56 bits per heavy atom. The number of fused-ring (bicyclic) bond motifs is 1. The van der Waals surface area contributed by atoms with Gasteiger partial charge in [0.1, 0.15) is 5.71 Å². The van der Waals surface area contributed by atoms with Crippen LogP contribution in [0.5, 0.6) is 0 Å². The van der Waals surface area contributed by atoms with E-state index in [-0.39, 0.29) is 0 Å². The van der Waals surface area contributed by atoms with Crippen molar-refractivity contribution in [2.45, 2.75) is 40.5 Å². The molecule has 3 aromatic rings. The normalized spacial score (nSPS) is 16.1. The zero-order chi connectivity index (χ0) is 22.7. The molecule has 4 rings (SSSR count). The highest BCUT2D eigenvalue weighted by atomic mass is 15.3. The topological polar surface area (TPSA) is 61.5 Å². The van der Waals surface area contributed by atoms with Crippen molar-refractivity contribution >= 4 is 22.9 Å². The fourth-order valence-corrected chi connectivity index (χ4v) is 3.77. The van der Waals surface area contributed by atoms with Gasteiger partial charge in [-0.05, 0) is 73.7 Å². The van der Waals surface area contributed by atoms with Gasteiger partial charge in [-0.25, -0.2) is 0 Å². The van der Waals surface area contributed by atoms with E-state index in [4.69, 9.17) is 4.99 Å². The lowest BCUT2D eigenvalue weighted by molar-refractivity contribution is 0.760. The molecule has 3 aromatic carbocycles. The first-order valence-electron chi connectivity index (χ1n) is 11.0. The first-order valence-corrected chi connectivity index (χ1v) is 11.0. The largest absolute Gasteiger partial charge is 0.280 e. The van der Waals surface area contributed by atoms with Crippen molar-refractivity contribution in [3.8, 4) is 0 Å². The maximum absolute atomic E-state index is 4.88. The van der Waals surface area contributed by atoms with E-state index < -0.39 is 0 Å². The first-order chi connectivity index (χ1) is 15.4. The van der Waals surface area contributed by atoms with E-state index in [1.54, 1.807) is 0 Å². The van der Waals surface area contributed by atoms with Gasteiger partial charge in [0.05, 0.1) is 11.4 Å². The van der Waals surface area contributed by atoms with Gasteiger partial charge in [0.25, 0.3) is 0 Å². The Hall–Kier alpha value is -3.60. The molecule has 1 heterocycles. The minimum atomic E-state index is 0.354. The minimum absolute atomic E-state index is 0.354. The average Bonchev–Trinajstić information content (AvgIpc) is 2.78. The fraction of sp³-hybridized carbons (Fsp3) is 0.259. The number of hydrogen-bond donors (Lipinski definition) is 1. The molecule has 0 spiro atoms. The molecule has 1 atom stereocenters. The predicted molar refractivity (Wildman–Crippen MR) is 134 cm³/mol. The van der Waals surface area contributed by atoms with Crippen LogP contribution < -0.4 is 5.43 Å². The lowest BCUT2D eigenvalue weighted by Crippen LogP contribution is -2.23. The molecule has 0 amide bonds. The maximum Gasteiger partial charge on any atom is 0.219 e. The number of amidine groups is 1. The molecule has 0 bridgehead atoms. The highest BCUT2D eigenvalue weighted by Gasteiger charge is 2.24. The third-order valence-electron chi connectivity index (χ3n) is 5.98. The molecule has 0 aliphatic carbocycles. The lowest BCUT2D eigenvalue weighted by atomic mass is 9.87. The number of hydrogen-bond acceptors (Lipinski definition) is 4. The summed E-state index contributed by atoms with van der Waals surface area (Å²) < 4.78 is 0. The summed E-state index contributed by atoms with van der Waals surface area (Å²) in [6.45, 7) is 11.3. The van der Waals surface area contributed by atoms with Gasteiger partial charge in [-0.1, -0.05) is 49.4 Å². The molecule has 0 radical (unpaired) electrons. The molecule has 5 nitrogen and oxygen atoms in total. The third kappa shape index (κ3) is 4.52. The minimum Gasteiger partial charge on any atom is -0.280 e. The Kier molecular flexibility index (Phi) is 6.26. The molecule has 0 saturated carbocycles. The number of aryl methyl sites for hydroxylation is 4. The summed E-state index contributed by atoms with van der Waals surface area (Å²) in [5.74, 6) is 0.833. The van der Waals surface area contributed by atoms with Crippen molar-refractivity contribution in [1.29, 1.82) is 0 Å². The highest BCUT2D eigenvalue weighted by Crippen LogP contribution is 2.29. The van der Waals surface area contributed by atoms with Crippen LogP contribution in [-0.2, 0) is 0 Å². The Balaban J connectivity index is 1.79. The van der Waals surface area contributed by atoms with Crippen LogP contribution in [0.2, 0.25) is 0 Å². The molecule has 1 aliphatic heterocycles. The van der Waals surface area contributed by atoms with Crippen molar-refractivity contribution < 1.29 is 0 Å². The monoisotopic (exact) mass is 423 g/mol. The number of benzene rings is 3. The Bertz CT molecular complexity index is 1240. The van der Waals surface area contributed by atoms with Gasteiger partial charge in [0, 0.05) is 18.0 Å². The Labute approximate surface area is 190 Å². The van der Waals surface area contributed by atoms with Crippen molar-refractivity contribution in [2.24, 2.45) is 20.3 Å². The molecule has 32 heavy (non-hydrogen) atoms. The SMILES string of the molecule is Cc1cc2c(cc1C)[C@@H](C)CN=C2/C(N=Nc1ccccc1C)=N/Nc1ccccc1C. The number of nitrogens with one attached hydrogen (secondary N) is 1. The van der Waals surface area contributed by atoms with Crippen LogP contribution >= 0.6 is 0 Å². The van der Waals surface area contributed by atoms with E-state index >= 15 is 0 Å². The summed E-state index contributed by atoms with van der Waals surface area (Å²) in [6, 6.07) is 20.5. The van der Waals surface area contributed by atoms with Gasteiger partial charge in [0.2, 0.25) is 5.84 Å². The van der Waals surface area contributed by atoms with Crippen molar-refractivity contribution in [3.63, 3.8) is 0 Å². The summed E-state index contributed by atoms with van der Waals surface area (Å²) in [7, 11) is 0. The summed E-state index contributed by atoms with van der Waals surface area (Å²) in [5, 5.41) is 13.8. The van der Waals surface area contributed by atoms with Gasteiger partial charge in [0.15, 0.2) is 0 Å². The molecular weight excluding hydrogens is 394 g/mol. The zero-order valence-corrected chi connectivity index (χ0v) is 19.3. The number of azo groups is 1. The number of rotatable bonds is 4. The number of hydrazone groups is 1. The quantitative estimate of drug-likeness (QED) is 0.208. The van der Waals surface area contributed by atoms with E-state index in [0.717, 1.165) is 33.8 Å². The third-order valence-corrected chi connectivity index (χ3v) is 5.98. The zero-order valence-electron chi connectivity index (χ0n) is 19.3. The summed E-state index contributed by atoms with van der Waals surface area (Å²) in [4.78, 5) is 4.88. The molecule has 0 fully saturated rings. The van der Waals surface area contributed by atoms with Crippen molar-refractivity contribution in [2.75, 3.05) is 12.0 Å². The van der Waals surface area contributed by atoms with E-state index in [0.29, 0.717) is 18.3 Å². The summed E-state index contributed by atoms with van der Waals surface area (Å²) in [6.07, 6.45) is 0. The Morgan fingerprint density at radius 1 is 0.875 bits per heavy atom. The smallest absolute Gasteiger partial charge is 0.219 e. The van der Waals surface area contributed by atoms with Crippen LogP contribution in [0.3, 0.4) is 0 Å². The highest BCUT2D eigenvalue weighted by molar-refractivity contribution is 6.48. The van der Waals surface area contributed by atoms with Crippen LogP contribution in [0.4, 0.5) is 11.4 Å². The van der Waals surface area contributed by atoms with Crippen LogP contribution in [0.1, 0.15) is 46.2 Å². The van der Waals surface area contributed by atoms with Gasteiger partial charge in [-0.2, -0.15) is 5.10 Å². The molecule has 0 aromatic heterocycles. The summed E-state index contributed by atoms with van der Waals surface area (Å²) >= 11 is 0. The predicted octanol–water partition coefficient (Wildman–Crippen LogP) is 7.04. The first kappa shape index (κ1) is 21.6. The van der Waals surface area contributed by atoms with E-state index in [1.165, 1.54) is 16.7 Å². The molecule has 0 saturated heterocycles. The second-order valence-electron chi connectivity index (χ2n) is 8.46. The number of nitrogens with zero attached hydrogens (tertiary/aromatic N) is 4. The Morgan fingerprint density at radius 3 is 2.31 bits per heavy atom. The van der Waals surface area contributed by atoms with E-state index in [9.17, 15) is 0 Å². The van der Waals surface area contributed by atoms with Crippen molar-refractivity contribution in [1.82, 2.24) is 0 Å². The van der Waals surface area contributed by atoms with Gasteiger partial charge in [-0.3, -0.25) is 10.4 Å². The van der Waals surface area contributed by atoms with Gasteiger partial charge in [-0.15, -0.1) is 10.2 Å². The molecule has 5 heteroatoms. The number of para-hydroxylation sites is 1. The second kappa shape index (κ2) is 9.27. The van der Waals surface area contributed by atoms with Gasteiger partial charge < -0.3 is 0 Å². The standard InChI is InChI=1S/C27H29N5/c1-17-10-6-8-12-24(17)29-31-27(32-30-25-13-9-7-11-18(25)2)26-23-15-20(4)19(3)14-22(23)21(5)16-28-26/h6-15,21,29H,16H2,1-5H3/b31-27-,32-30?/t21-/m0/s1. The van der Waals surface area contributed by atoms with E-state index in [1.807, 2.05) is 62.4 Å². The maximum atomic E-state index is 4.88. The average molecular weight is 424 g/mol. The van der Waals surface area contributed by atoms with Crippen LogP contribution in [0.15, 0.2) is 81.0 Å². The van der Waals surface area contributed by atoms with Crippen LogP contribution in [0.25, 0.3) is 0 Å². The van der Waals surface area contributed by atoms with Crippen molar-refractivity contribution in [3.05, 3.63) is 94.0 Å². The van der Waals surface area contributed by atoms with Crippen LogP contribution in [-0.4, -0.2) is 18.1 Å². The van der Waals surface area contributed by atoms with E-state index in [2.05, 4.69) is 53.7 Å². The molecular formula is C27H29N5. The molecule has 1 N–H and O–H groups in total. The molecule has 0 unspecified atom stereocenters. The number of anilines is 1. The summed E-state index contributed by atoms with van der Waals surface area (Å²) in [5.41, 5.74) is 12.8. The lowest BCUT2D eigenvalue weighted by Gasteiger charge is -2.23. The second-order valence-corrected chi connectivity index (χ2v) is 8.46. The van der Waals surface area contributed by atoms with Crippen LogP contribution in [0, 0.1) is 27.7 Å².